The second-order valence-corrected chi connectivity index (χ2v) is 4.34. The Morgan fingerprint density at radius 2 is 1.56 bits per heavy atom. The van der Waals surface area contributed by atoms with Crippen molar-refractivity contribution in [3.05, 3.63) is 29.8 Å². The Hall–Kier alpha value is -0.970. The summed E-state index contributed by atoms with van der Waals surface area (Å²) < 4.78 is 38.5. The highest BCUT2D eigenvalue weighted by Gasteiger charge is 2.51. The van der Waals surface area contributed by atoms with Gasteiger partial charge in [0.25, 0.3) is 0 Å². The summed E-state index contributed by atoms with van der Waals surface area (Å²) in [7, 11) is 0. The van der Waals surface area contributed by atoms with Crippen LogP contribution in [-0.2, 0) is 5.54 Å². The van der Waals surface area contributed by atoms with Crippen LogP contribution in [0.1, 0.15) is 26.3 Å². The molecule has 1 aromatic rings. The van der Waals surface area contributed by atoms with Gasteiger partial charge in [-0.3, -0.25) is 4.99 Å². The normalized spacial score (nSPS) is 14.2. The zero-order valence-electron chi connectivity index (χ0n) is 11.0. The van der Waals surface area contributed by atoms with Gasteiger partial charge in [0, 0.05) is 4.90 Å². The Morgan fingerprint density at radius 1 is 1.11 bits per heavy atom. The molecule has 1 atom stereocenters. The zero-order valence-corrected chi connectivity index (χ0v) is 11.8. The van der Waals surface area contributed by atoms with E-state index in [0.29, 0.717) is 0 Å². The van der Waals surface area contributed by atoms with Gasteiger partial charge in [-0.05, 0) is 37.6 Å². The Balaban J connectivity index is 0.00000137. The summed E-state index contributed by atoms with van der Waals surface area (Å²) in [4.78, 5) is 4.15. The summed E-state index contributed by atoms with van der Waals surface area (Å²) in [5, 5.41) is 0. The van der Waals surface area contributed by atoms with Crippen LogP contribution in [-0.4, -0.2) is 19.1 Å². The van der Waals surface area contributed by atoms with E-state index in [0.717, 1.165) is 11.8 Å². The molecule has 1 aromatic carbocycles. The van der Waals surface area contributed by atoms with Gasteiger partial charge in [0.05, 0.1) is 0 Å². The van der Waals surface area contributed by atoms with Crippen LogP contribution in [0.2, 0.25) is 0 Å². The average Bonchev–Trinajstić information content (AvgIpc) is 2.39. The van der Waals surface area contributed by atoms with E-state index in [9.17, 15) is 13.2 Å². The second-order valence-electron chi connectivity index (χ2n) is 3.46. The zero-order chi connectivity index (χ0) is 14.4. The standard InChI is InChI=1S/C11H12F3NS.C2H6/c1-10(15-2,11(12,13)14)8-4-6-9(16-3)7-5-8;1-2/h4-7H,2H2,1,3H3;1-2H3. The third kappa shape index (κ3) is 3.51. The van der Waals surface area contributed by atoms with Crippen LogP contribution >= 0.6 is 11.8 Å². The fourth-order valence-corrected chi connectivity index (χ4v) is 1.67. The fraction of sp³-hybridized carbons (Fsp3) is 0.462. The molecule has 102 valence electrons. The van der Waals surface area contributed by atoms with E-state index < -0.39 is 11.7 Å². The van der Waals surface area contributed by atoms with Gasteiger partial charge in [-0.15, -0.1) is 11.8 Å². The van der Waals surface area contributed by atoms with Crippen molar-refractivity contribution < 1.29 is 13.2 Å². The van der Waals surface area contributed by atoms with E-state index in [1.807, 2.05) is 20.1 Å². The molecule has 0 radical (unpaired) electrons. The number of alkyl halides is 3. The molecule has 0 aliphatic rings. The molecule has 0 fully saturated rings. The molecule has 0 bridgehead atoms. The number of hydrogen-bond acceptors (Lipinski definition) is 2. The molecule has 0 aliphatic heterocycles. The molecular weight excluding hydrogens is 259 g/mol. The molecule has 0 amide bonds. The van der Waals surface area contributed by atoms with E-state index in [4.69, 9.17) is 0 Å². The Labute approximate surface area is 111 Å². The molecule has 1 rings (SSSR count). The highest BCUT2D eigenvalue weighted by molar-refractivity contribution is 7.98. The summed E-state index contributed by atoms with van der Waals surface area (Å²) in [6.07, 6.45) is -2.57. The molecule has 0 spiro atoms. The van der Waals surface area contributed by atoms with Crippen molar-refractivity contribution in [2.24, 2.45) is 4.99 Å². The number of halogens is 3. The molecule has 0 aliphatic carbocycles. The summed E-state index contributed by atoms with van der Waals surface area (Å²) >= 11 is 1.48. The van der Waals surface area contributed by atoms with Crippen molar-refractivity contribution in [3.8, 4) is 0 Å². The number of benzene rings is 1. The molecule has 0 heterocycles. The number of thioether (sulfide) groups is 1. The average molecular weight is 277 g/mol. The SMILES string of the molecule is C=NC(C)(c1ccc(SC)cc1)C(F)(F)F.CC. The first-order valence-electron chi connectivity index (χ1n) is 5.54. The van der Waals surface area contributed by atoms with Gasteiger partial charge in [0.15, 0.2) is 5.54 Å². The Bertz CT molecular complexity index is 373. The van der Waals surface area contributed by atoms with Crippen LogP contribution in [0.5, 0.6) is 0 Å². The highest BCUT2D eigenvalue weighted by atomic mass is 32.2. The van der Waals surface area contributed by atoms with Gasteiger partial charge in [-0.1, -0.05) is 26.0 Å². The smallest absolute Gasteiger partial charge is 0.280 e. The summed E-state index contributed by atoms with van der Waals surface area (Å²) in [6.45, 7) is 8.06. The van der Waals surface area contributed by atoms with E-state index in [2.05, 4.69) is 11.7 Å². The monoisotopic (exact) mass is 277 g/mol. The van der Waals surface area contributed by atoms with Crippen LogP contribution in [0, 0.1) is 0 Å². The topological polar surface area (TPSA) is 12.4 Å². The minimum atomic E-state index is -4.43. The number of hydrogen-bond donors (Lipinski definition) is 0. The maximum absolute atomic E-state index is 12.8. The largest absolute Gasteiger partial charge is 0.417 e. The predicted molar refractivity (Wildman–Crippen MR) is 72.5 cm³/mol. The quantitative estimate of drug-likeness (QED) is 0.564. The number of nitrogens with zero attached hydrogens (tertiary/aromatic N) is 1. The predicted octanol–water partition coefficient (Wildman–Crippen LogP) is 4.91. The third-order valence-electron chi connectivity index (χ3n) is 2.52. The maximum atomic E-state index is 12.8. The van der Waals surface area contributed by atoms with Crippen molar-refractivity contribution in [2.45, 2.75) is 37.4 Å². The first-order chi connectivity index (χ1) is 8.35. The summed E-state index contributed by atoms with van der Waals surface area (Å²) in [6, 6.07) is 6.17. The van der Waals surface area contributed by atoms with Gasteiger partial charge in [-0.2, -0.15) is 13.2 Å². The molecule has 5 heteroatoms. The van der Waals surface area contributed by atoms with Gasteiger partial charge in [-0.25, -0.2) is 0 Å². The molecule has 1 unspecified atom stereocenters. The molecular formula is C13H18F3NS. The summed E-state index contributed by atoms with van der Waals surface area (Å²) in [5.74, 6) is 0. The molecule has 0 aromatic heterocycles. The maximum Gasteiger partial charge on any atom is 0.417 e. The minimum absolute atomic E-state index is 0.104. The van der Waals surface area contributed by atoms with E-state index in [1.165, 1.54) is 23.9 Å². The lowest BCUT2D eigenvalue weighted by Gasteiger charge is -2.28. The first-order valence-corrected chi connectivity index (χ1v) is 6.77. The first kappa shape index (κ1) is 17.0. The summed E-state index contributed by atoms with van der Waals surface area (Å²) in [5.41, 5.74) is -2.13. The lowest BCUT2D eigenvalue weighted by Crippen LogP contribution is -2.37. The number of rotatable bonds is 3. The van der Waals surface area contributed by atoms with Crippen molar-refractivity contribution >= 4 is 18.5 Å². The van der Waals surface area contributed by atoms with Gasteiger partial charge in [0.1, 0.15) is 0 Å². The molecule has 0 saturated heterocycles. The van der Waals surface area contributed by atoms with Crippen molar-refractivity contribution in [1.29, 1.82) is 0 Å². The van der Waals surface area contributed by atoms with Crippen LogP contribution in [0.25, 0.3) is 0 Å². The molecule has 0 N–H and O–H groups in total. The van der Waals surface area contributed by atoms with Crippen LogP contribution in [0.4, 0.5) is 13.2 Å². The van der Waals surface area contributed by atoms with Crippen LogP contribution < -0.4 is 0 Å². The van der Waals surface area contributed by atoms with Crippen molar-refractivity contribution in [1.82, 2.24) is 0 Å². The van der Waals surface area contributed by atoms with Crippen molar-refractivity contribution in [2.75, 3.05) is 6.26 Å². The third-order valence-corrected chi connectivity index (χ3v) is 3.26. The molecule has 1 nitrogen and oxygen atoms in total. The lowest BCUT2D eigenvalue weighted by atomic mass is 9.92. The van der Waals surface area contributed by atoms with Crippen molar-refractivity contribution in [3.63, 3.8) is 0 Å². The van der Waals surface area contributed by atoms with E-state index in [-0.39, 0.29) is 5.56 Å². The number of aliphatic imine (C=N–C) groups is 1. The highest BCUT2D eigenvalue weighted by Crippen LogP contribution is 2.41. The van der Waals surface area contributed by atoms with E-state index in [1.54, 1.807) is 12.1 Å². The minimum Gasteiger partial charge on any atom is -0.280 e. The van der Waals surface area contributed by atoms with Gasteiger partial charge < -0.3 is 0 Å². The Kier molecular flexibility index (Phi) is 6.46. The lowest BCUT2D eigenvalue weighted by molar-refractivity contribution is -0.182. The Morgan fingerprint density at radius 3 is 1.83 bits per heavy atom. The second kappa shape index (κ2) is 6.83. The molecule has 18 heavy (non-hydrogen) atoms. The van der Waals surface area contributed by atoms with Gasteiger partial charge >= 0.3 is 6.18 Å². The van der Waals surface area contributed by atoms with Gasteiger partial charge in [0.2, 0.25) is 0 Å². The van der Waals surface area contributed by atoms with E-state index >= 15 is 0 Å². The molecule has 0 saturated carbocycles. The van der Waals surface area contributed by atoms with Crippen LogP contribution in [0.3, 0.4) is 0 Å². The van der Waals surface area contributed by atoms with Crippen LogP contribution in [0.15, 0.2) is 34.2 Å². The fourth-order valence-electron chi connectivity index (χ4n) is 1.26.